The number of aliphatic hydroxyl groups is 1. The summed E-state index contributed by atoms with van der Waals surface area (Å²) in [5.41, 5.74) is 6.57. The number of thiazole rings is 1. The first-order valence-corrected chi connectivity index (χ1v) is 7.11. The summed E-state index contributed by atoms with van der Waals surface area (Å²) in [4.78, 5) is 4.59. The van der Waals surface area contributed by atoms with Crippen molar-refractivity contribution in [3.8, 4) is 0 Å². The molecule has 1 aliphatic rings. The van der Waals surface area contributed by atoms with Gasteiger partial charge in [0.15, 0.2) is 0 Å². The van der Waals surface area contributed by atoms with Crippen LogP contribution in [0.15, 0.2) is 5.38 Å². The maximum Gasteiger partial charge on any atom is 0.104 e. The van der Waals surface area contributed by atoms with Gasteiger partial charge in [-0.2, -0.15) is 0 Å². The Bertz CT molecular complexity index is 385. The summed E-state index contributed by atoms with van der Waals surface area (Å²) < 4.78 is 0. The summed E-state index contributed by atoms with van der Waals surface area (Å²) in [6.45, 7) is 6.98. The summed E-state index contributed by atoms with van der Waals surface area (Å²) in [5, 5.41) is 13.5. The van der Waals surface area contributed by atoms with E-state index in [0.29, 0.717) is 6.54 Å². The average Bonchev–Trinajstić information content (AvgIpc) is 2.64. The van der Waals surface area contributed by atoms with Gasteiger partial charge in [0.1, 0.15) is 6.10 Å². The third-order valence-electron chi connectivity index (χ3n) is 3.78. The van der Waals surface area contributed by atoms with Gasteiger partial charge in [0.2, 0.25) is 0 Å². The molecule has 1 aromatic rings. The van der Waals surface area contributed by atoms with Gasteiger partial charge in [-0.15, -0.1) is 11.3 Å². The monoisotopic (exact) mass is 254 g/mol. The second-order valence-electron chi connectivity index (χ2n) is 6.15. The Kier molecular flexibility index (Phi) is 3.31. The summed E-state index contributed by atoms with van der Waals surface area (Å²) >= 11 is 1.63. The molecule has 2 rings (SSSR count). The smallest absolute Gasteiger partial charge is 0.104 e. The van der Waals surface area contributed by atoms with Crippen LogP contribution >= 0.6 is 11.3 Å². The molecule has 96 valence electrons. The molecule has 1 heterocycles. The van der Waals surface area contributed by atoms with Crippen LogP contribution in [0.5, 0.6) is 0 Å². The van der Waals surface area contributed by atoms with E-state index in [1.54, 1.807) is 11.3 Å². The van der Waals surface area contributed by atoms with Gasteiger partial charge in [-0.05, 0) is 12.8 Å². The zero-order valence-corrected chi connectivity index (χ0v) is 11.7. The number of aliphatic hydroxyl groups excluding tert-OH is 1. The second kappa shape index (κ2) is 4.34. The molecule has 0 amide bonds. The third-order valence-corrected chi connectivity index (χ3v) is 5.07. The fourth-order valence-corrected chi connectivity index (χ4v) is 3.22. The lowest BCUT2D eigenvalue weighted by atomic mass is 9.64. The van der Waals surface area contributed by atoms with Crippen molar-refractivity contribution in [2.24, 2.45) is 11.1 Å². The van der Waals surface area contributed by atoms with Crippen LogP contribution in [0.3, 0.4) is 0 Å². The van der Waals surface area contributed by atoms with E-state index in [1.165, 1.54) is 6.42 Å². The highest BCUT2D eigenvalue weighted by molar-refractivity contribution is 7.09. The van der Waals surface area contributed by atoms with Crippen molar-refractivity contribution in [1.82, 2.24) is 4.98 Å². The predicted octanol–water partition coefficient (Wildman–Crippen LogP) is 2.60. The first-order chi connectivity index (χ1) is 7.89. The van der Waals surface area contributed by atoms with Gasteiger partial charge >= 0.3 is 0 Å². The zero-order chi connectivity index (χ0) is 12.7. The summed E-state index contributed by atoms with van der Waals surface area (Å²) in [5.74, 6) is 0. The SMILES string of the molecule is CC(C)(C)c1nc(C(O)C2(CN)CCC2)cs1. The Labute approximate surface area is 107 Å². The number of nitrogens with zero attached hydrogens (tertiary/aromatic N) is 1. The van der Waals surface area contributed by atoms with Gasteiger partial charge in [-0.25, -0.2) is 4.98 Å². The fraction of sp³-hybridized carbons (Fsp3) is 0.769. The Balaban J connectivity index is 2.20. The number of hydrogen-bond acceptors (Lipinski definition) is 4. The van der Waals surface area contributed by atoms with Crippen molar-refractivity contribution < 1.29 is 5.11 Å². The van der Waals surface area contributed by atoms with Crippen LogP contribution in [-0.2, 0) is 5.41 Å². The maximum absolute atomic E-state index is 10.4. The van der Waals surface area contributed by atoms with Gasteiger partial charge in [0.25, 0.3) is 0 Å². The van der Waals surface area contributed by atoms with E-state index in [-0.39, 0.29) is 10.8 Å². The molecule has 1 aromatic heterocycles. The van der Waals surface area contributed by atoms with Crippen molar-refractivity contribution in [1.29, 1.82) is 0 Å². The molecule has 1 unspecified atom stereocenters. The third kappa shape index (κ3) is 2.26. The first-order valence-electron chi connectivity index (χ1n) is 6.23. The molecule has 4 heteroatoms. The van der Waals surface area contributed by atoms with Crippen molar-refractivity contribution in [3.63, 3.8) is 0 Å². The second-order valence-corrected chi connectivity index (χ2v) is 7.01. The molecule has 0 saturated heterocycles. The molecule has 0 spiro atoms. The van der Waals surface area contributed by atoms with Crippen molar-refractivity contribution in [2.45, 2.75) is 51.6 Å². The standard InChI is InChI=1S/C13H22N2OS/c1-12(2,3)11-15-9(7-17-11)10(16)13(8-14)5-4-6-13/h7,10,16H,4-6,8,14H2,1-3H3. The highest BCUT2D eigenvalue weighted by atomic mass is 32.1. The lowest BCUT2D eigenvalue weighted by molar-refractivity contribution is -0.0319. The van der Waals surface area contributed by atoms with Crippen LogP contribution in [0.2, 0.25) is 0 Å². The minimum Gasteiger partial charge on any atom is -0.386 e. The van der Waals surface area contributed by atoms with E-state index in [9.17, 15) is 5.11 Å². The van der Waals surface area contributed by atoms with Crippen molar-refractivity contribution in [2.75, 3.05) is 6.54 Å². The number of nitrogens with two attached hydrogens (primary N) is 1. The van der Waals surface area contributed by atoms with E-state index in [1.807, 2.05) is 5.38 Å². The first kappa shape index (κ1) is 13.0. The normalized spacial score (nSPS) is 21.0. The van der Waals surface area contributed by atoms with Gasteiger partial charge in [-0.3, -0.25) is 0 Å². The maximum atomic E-state index is 10.4. The minimum atomic E-state index is -0.492. The Hall–Kier alpha value is -0.450. The summed E-state index contributed by atoms with van der Waals surface area (Å²) in [7, 11) is 0. The van der Waals surface area contributed by atoms with E-state index < -0.39 is 6.10 Å². The Morgan fingerprint density at radius 2 is 2.18 bits per heavy atom. The molecule has 17 heavy (non-hydrogen) atoms. The number of aromatic nitrogens is 1. The van der Waals surface area contributed by atoms with E-state index in [4.69, 9.17) is 5.73 Å². The van der Waals surface area contributed by atoms with Crippen LogP contribution in [0.1, 0.15) is 56.8 Å². The molecular formula is C13H22N2OS. The fourth-order valence-electron chi connectivity index (χ4n) is 2.29. The average molecular weight is 254 g/mol. The molecule has 1 saturated carbocycles. The molecule has 1 aliphatic carbocycles. The molecule has 0 aliphatic heterocycles. The highest BCUT2D eigenvalue weighted by Crippen LogP contribution is 2.49. The largest absolute Gasteiger partial charge is 0.386 e. The van der Waals surface area contributed by atoms with E-state index in [0.717, 1.165) is 23.5 Å². The molecule has 0 radical (unpaired) electrons. The number of rotatable bonds is 3. The van der Waals surface area contributed by atoms with Crippen molar-refractivity contribution >= 4 is 11.3 Å². The summed E-state index contributed by atoms with van der Waals surface area (Å²) in [6, 6.07) is 0. The molecule has 1 atom stereocenters. The van der Waals surface area contributed by atoms with Crippen LogP contribution in [-0.4, -0.2) is 16.6 Å². The minimum absolute atomic E-state index is 0.0537. The summed E-state index contributed by atoms with van der Waals surface area (Å²) in [6.07, 6.45) is 2.72. The van der Waals surface area contributed by atoms with Crippen LogP contribution in [0, 0.1) is 5.41 Å². The Morgan fingerprint density at radius 3 is 2.53 bits per heavy atom. The van der Waals surface area contributed by atoms with Crippen LogP contribution in [0.4, 0.5) is 0 Å². The molecule has 1 fully saturated rings. The van der Waals surface area contributed by atoms with Crippen LogP contribution < -0.4 is 5.73 Å². The molecular weight excluding hydrogens is 232 g/mol. The Morgan fingerprint density at radius 1 is 1.53 bits per heavy atom. The predicted molar refractivity (Wildman–Crippen MR) is 71.1 cm³/mol. The van der Waals surface area contributed by atoms with E-state index in [2.05, 4.69) is 25.8 Å². The molecule has 3 N–H and O–H groups in total. The van der Waals surface area contributed by atoms with Gasteiger partial charge in [0, 0.05) is 22.8 Å². The van der Waals surface area contributed by atoms with Gasteiger partial charge in [-0.1, -0.05) is 27.2 Å². The van der Waals surface area contributed by atoms with E-state index >= 15 is 0 Å². The van der Waals surface area contributed by atoms with Gasteiger partial charge in [0.05, 0.1) is 10.7 Å². The lowest BCUT2D eigenvalue weighted by Gasteiger charge is -2.44. The van der Waals surface area contributed by atoms with Gasteiger partial charge < -0.3 is 10.8 Å². The van der Waals surface area contributed by atoms with Crippen LogP contribution in [0.25, 0.3) is 0 Å². The molecule has 0 bridgehead atoms. The van der Waals surface area contributed by atoms with Crippen molar-refractivity contribution in [3.05, 3.63) is 16.1 Å². The lowest BCUT2D eigenvalue weighted by Crippen LogP contribution is -2.42. The zero-order valence-electron chi connectivity index (χ0n) is 10.9. The molecule has 3 nitrogen and oxygen atoms in total. The topological polar surface area (TPSA) is 59.1 Å². The quantitative estimate of drug-likeness (QED) is 0.871. The highest BCUT2D eigenvalue weighted by Gasteiger charge is 2.44. The number of hydrogen-bond donors (Lipinski definition) is 2. The molecule has 0 aromatic carbocycles.